The molecule has 150 valence electrons. The summed E-state index contributed by atoms with van der Waals surface area (Å²) in [6, 6.07) is 8.59. The van der Waals surface area contributed by atoms with Crippen LogP contribution in [0.1, 0.15) is 96.1 Å². The number of ketones is 1. The van der Waals surface area contributed by atoms with Gasteiger partial charge in [-0.1, -0.05) is 58.4 Å². The molecule has 4 nitrogen and oxygen atoms in total. The van der Waals surface area contributed by atoms with Crippen LogP contribution in [0.5, 0.6) is 0 Å². The molecule has 0 aliphatic heterocycles. The highest BCUT2D eigenvalue weighted by molar-refractivity contribution is 6.03. The van der Waals surface area contributed by atoms with Crippen molar-refractivity contribution in [2.45, 2.75) is 71.6 Å². The van der Waals surface area contributed by atoms with Gasteiger partial charge < -0.3 is 9.72 Å². The number of ether oxygens (including phenoxy) is 1. The maximum Gasteiger partial charge on any atom is 0.355 e. The molecule has 0 saturated heterocycles. The summed E-state index contributed by atoms with van der Waals surface area (Å²) in [7, 11) is 0. The Hall–Kier alpha value is -2.36. The fraction of sp³-hybridized carbons (Fsp3) is 0.500. The highest BCUT2D eigenvalue weighted by Crippen LogP contribution is 2.36. The summed E-state index contributed by atoms with van der Waals surface area (Å²) < 4.78 is 5.34. The van der Waals surface area contributed by atoms with Crippen LogP contribution in [-0.4, -0.2) is 23.3 Å². The van der Waals surface area contributed by atoms with Gasteiger partial charge in [-0.05, 0) is 47.8 Å². The maximum atomic E-state index is 12.8. The van der Waals surface area contributed by atoms with Gasteiger partial charge in [0.15, 0.2) is 5.78 Å². The third-order valence-corrected chi connectivity index (χ3v) is 5.67. The molecule has 0 unspecified atom stereocenters. The van der Waals surface area contributed by atoms with Gasteiger partial charge in [0, 0.05) is 17.7 Å². The Labute approximate surface area is 167 Å². The Morgan fingerprint density at radius 2 is 1.86 bits per heavy atom. The zero-order valence-corrected chi connectivity index (χ0v) is 17.6. The second-order valence-corrected chi connectivity index (χ2v) is 8.87. The first kappa shape index (κ1) is 20.4. The van der Waals surface area contributed by atoms with E-state index in [0.717, 1.165) is 30.5 Å². The molecular formula is C24H31NO3. The fourth-order valence-corrected chi connectivity index (χ4v) is 3.91. The number of aromatic amines is 1. The maximum absolute atomic E-state index is 12.8. The van der Waals surface area contributed by atoms with E-state index in [0.29, 0.717) is 24.3 Å². The van der Waals surface area contributed by atoms with Gasteiger partial charge in [-0.3, -0.25) is 4.79 Å². The van der Waals surface area contributed by atoms with Crippen LogP contribution in [0.2, 0.25) is 0 Å². The minimum Gasteiger partial charge on any atom is -0.461 e. The normalized spacial score (nSPS) is 16.8. The van der Waals surface area contributed by atoms with Crippen LogP contribution >= 0.6 is 0 Å². The zero-order chi connectivity index (χ0) is 20.5. The Balaban J connectivity index is 1.82. The lowest BCUT2D eigenvalue weighted by Crippen LogP contribution is -2.19. The number of carbonyl (C=O) groups excluding carboxylic acids is 2. The first-order valence-corrected chi connectivity index (χ1v) is 10.2. The SMILES string of the molecule is CCCCOC(=O)c1[nH]c2c(c1C)C(=O)C[C@@H](c1ccc(C(C)(C)C)cc1)C2. The number of carbonyl (C=O) groups is 2. The van der Waals surface area contributed by atoms with E-state index in [9.17, 15) is 9.59 Å². The van der Waals surface area contributed by atoms with Gasteiger partial charge >= 0.3 is 5.97 Å². The van der Waals surface area contributed by atoms with E-state index in [1.807, 2.05) is 6.92 Å². The second-order valence-electron chi connectivity index (χ2n) is 8.87. The van der Waals surface area contributed by atoms with Crippen LogP contribution in [0.3, 0.4) is 0 Å². The van der Waals surface area contributed by atoms with Gasteiger partial charge in [0.1, 0.15) is 5.69 Å². The Kier molecular flexibility index (Phi) is 5.78. The van der Waals surface area contributed by atoms with Crippen molar-refractivity contribution in [3.63, 3.8) is 0 Å². The smallest absolute Gasteiger partial charge is 0.355 e. The van der Waals surface area contributed by atoms with Crippen LogP contribution in [0.4, 0.5) is 0 Å². The number of benzene rings is 1. The van der Waals surface area contributed by atoms with E-state index in [4.69, 9.17) is 4.74 Å². The number of hydrogen-bond donors (Lipinski definition) is 1. The molecule has 0 radical (unpaired) electrons. The minimum atomic E-state index is -0.362. The van der Waals surface area contributed by atoms with Crippen molar-refractivity contribution in [1.29, 1.82) is 0 Å². The van der Waals surface area contributed by atoms with Crippen LogP contribution in [0.15, 0.2) is 24.3 Å². The van der Waals surface area contributed by atoms with Gasteiger partial charge in [-0.2, -0.15) is 0 Å². The molecule has 3 rings (SSSR count). The van der Waals surface area contributed by atoms with E-state index < -0.39 is 0 Å². The molecule has 0 spiro atoms. The highest BCUT2D eigenvalue weighted by atomic mass is 16.5. The molecule has 28 heavy (non-hydrogen) atoms. The molecule has 0 fully saturated rings. The van der Waals surface area contributed by atoms with Crippen LogP contribution < -0.4 is 0 Å². The summed E-state index contributed by atoms with van der Waals surface area (Å²) in [5, 5.41) is 0. The molecule has 0 saturated carbocycles. The van der Waals surface area contributed by atoms with E-state index in [1.54, 1.807) is 0 Å². The lowest BCUT2D eigenvalue weighted by molar-refractivity contribution is 0.0492. The van der Waals surface area contributed by atoms with Crippen molar-refractivity contribution >= 4 is 11.8 Å². The van der Waals surface area contributed by atoms with Gasteiger partial charge in [0.05, 0.1) is 6.61 Å². The van der Waals surface area contributed by atoms with E-state index in [1.165, 1.54) is 11.1 Å². The average molecular weight is 382 g/mol. The molecule has 1 aliphatic carbocycles. The number of esters is 1. The molecule has 1 atom stereocenters. The minimum absolute atomic E-state index is 0.104. The first-order chi connectivity index (χ1) is 13.2. The number of fused-ring (bicyclic) bond motifs is 1. The molecule has 2 aromatic rings. The topological polar surface area (TPSA) is 59.2 Å². The van der Waals surface area contributed by atoms with Crippen LogP contribution in [-0.2, 0) is 16.6 Å². The lowest BCUT2D eigenvalue weighted by Gasteiger charge is -2.24. The number of rotatable bonds is 5. The predicted molar refractivity (Wildman–Crippen MR) is 111 cm³/mol. The summed E-state index contributed by atoms with van der Waals surface area (Å²) in [5.41, 5.74) is 5.27. The number of H-pyrrole nitrogens is 1. The Morgan fingerprint density at radius 1 is 1.18 bits per heavy atom. The largest absolute Gasteiger partial charge is 0.461 e. The molecule has 1 aliphatic rings. The number of Topliss-reactive ketones (excluding diaryl/α,β-unsaturated/α-hetero) is 1. The molecular weight excluding hydrogens is 350 g/mol. The third kappa shape index (κ3) is 4.06. The third-order valence-electron chi connectivity index (χ3n) is 5.67. The Bertz CT molecular complexity index is 868. The van der Waals surface area contributed by atoms with Gasteiger partial charge in [0.25, 0.3) is 0 Å². The van der Waals surface area contributed by atoms with Crippen molar-refractivity contribution in [3.8, 4) is 0 Å². The summed E-state index contributed by atoms with van der Waals surface area (Å²) in [5.74, 6) is -0.122. The predicted octanol–water partition coefficient (Wildman–Crippen LogP) is 5.49. The van der Waals surface area contributed by atoms with Crippen LogP contribution in [0, 0.1) is 6.92 Å². The number of unbranched alkanes of at least 4 members (excludes halogenated alkanes) is 1. The van der Waals surface area contributed by atoms with Gasteiger partial charge in [-0.25, -0.2) is 4.79 Å². The van der Waals surface area contributed by atoms with Crippen molar-refractivity contribution in [3.05, 3.63) is 57.9 Å². The number of nitrogens with one attached hydrogen (secondary N) is 1. The van der Waals surface area contributed by atoms with Crippen molar-refractivity contribution in [1.82, 2.24) is 4.98 Å². The van der Waals surface area contributed by atoms with E-state index in [-0.39, 0.29) is 23.1 Å². The fourth-order valence-electron chi connectivity index (χ4n) is 3.91. The lowest BCUT2D eigenvalue weighted by atomic mass is 9.80. The van der Waals surface area contributed by atoms with Crippen LogP contribution in [0.25, 0.3) is 0 Å². The summed E-state index contributed by atoms with van der Waals surface area (Å²) in [6.07, 6.45) is 3.03. The van der Waals surface area contributed by atoms with E-state index in [2.05, 4.69) is 56.9 Å². The molecule has 4 heteroatoms. The molecule has 1 aromatic carbocycles. The van der Waals surface area contributed by atoms with Crippen molar-refractivity contribution in [2.75, 3.05) is 6.61 Å². The molecule has 0 amide bonds. The second kappa shape index (κ2) is 7.94. The molecule has 1 aromatic heterocycles. The summed E-state index contributed by atoms with van der Waals surface area (Å²) >= 11 is 0. The Morgan fingerprint density at radius 3 is 2.46 bits per heavy atom. The zero-order valence-electron chi connectivity index (χ0n) is 17.6. The van der Waals surface area contributed by atoms with Gasteiger partial charge in [0.2, 0.25) is 0 Å². The number of aromatic nitrogens is 1. The number of hydrogen-bond acceptors (Lipinski definition) is 3. The molecule has 1 N–H and O–H groups in total. The summed E-state index contributed by atoms with van der Waals surface area (Å²) in [6.45, 7) is 10.9. The molecule has 1 heterocycles. The van der Waals surface area contributed by atoms with Crippen molar-refractivity contribution in [2.24, 2.45) is 0 Å². The van der Waals surface area contributed by atoms with Gasteiger partial charge in [-0.15, -0.1) is 0 Å². The van der Waals surface area contributed by atoms with E-state index >= 15 is 0 Å². The standard InChI is InChI=1S/C24H31NO3/c1-6-7-12-28-23(27)22-15(2)21-19(25-22)13-17(14-20(21)26)16-8-10-18(11-9-16)24(3,4)5/h8-11,17,25H,6-7,12-14H2,1-5H3/t17-/m0/s1. The summed E-state index contributed by atoms with van der Waals surface area (Å²) in [4.78, 5) is 28.4. The molecule has 0 bridgehead atoms. The van der Waals surface area contributed by atoms with Crippen molar-refractivity contribution < 1.29 is 14.3 Å². The average Bonchev–Trinajstić information content (AvgIpc) is 2.98. The first-order valence-electron chi connectivity index (χ1n) is 10.2. The highest BCUT2D eigenvalue weighted by Gasteiger charge is 2.32. The monoisotopic (exact) mass is 381 g/mol. The quantitative estimate of drug-likeness (QED) is 0.550.